The summed E-state index contributed by atoms with van der Waals surface area (Å²) in [5.41, 5.74) is 4.98. The number of carbonyl (C=O) groups excluding carboxylic acids is 1. The van der Waals surface area contributed by atoms with E-state index in [9.17, 15) is 4.79 Å². The molecule has 0 bridgehead atoms. The van der Waals surface area contributed by atoms with Crippen LogP contribution >= 0.6 is 23.1 Å². The molecule has 1 aliphatic carbocycles. The van der Waals surface area contributed by atoms with E-state index in [1.165, 1.54) is 0 Å². The van der Waals surface area contributed by atoms with Crippen molar-refractivity contribution in [2.24, 2.45) is 5.73 Å². The largest absolute Gasteiger partial charge is 0.368 e. The van der Waals surface area contributed by atoms with Crippen LogP contribution in [-0.4, -0.2) is 33.4 Å². The van der Waals surface area contributed by atoms with Crippen molar-refractivity contribution in [3.05, 3.63) is 5.01 Å². The number of nitrogens with zero attached hydrogens (tertiary/aromatic N) is 2. The number of aryl methyl sites for hydroxylation is 1. The summed E-state index contributed by atoms with van der Waals surface area (Å²) < 4.78 is 1.02. The van der Waals surface area contributed by atoms with Gasteiger partial charge in [0, 0.05) is 11.8 Å². The zero-order valence-electron chi connectivity index (χ0n) is 12.0. The Kier molecular flexibility index (Phi) is 5.40. The summed E-state index contributed by atoms with van der Waals surface area (Å²) in [6.45, 7) is 3.89. The maximum absolute atomic E-state index is 11.6. The van der Waals surface area contributed by atoms with Gasteiger partial charge in [0.2, 0.25) is 5.91 Å². The van der Waals surface area contributed by atoms with Crippen molar-refractivity contribution in [2.45, 2.75) is 61.9 Å². The standard InChI is InChI=1S/C13H22N4OS2/c1-9-16-17-12(20-9)19-8-4-3-7-13(2,11(14)18)15-10-5-6-10/h10,15H,3-8H2,1-2H3,(H2,14,18). The minimum Gasteiger partial charge on any atom is -0.368 e. The molecule has 0 aromatic carbocycles. The summed E-state index contributed by atoms with van der Waals surface area (Å²) in [6.07, 6.45) is 5.17. The zero-order valence-corrected chi connectivity index (χ0v) is 13.6. The first-order valence-electron chi connectivity index (χ1n) is 7.00. The van der Waals surface area contributed by atoms with Crippen molar-refractivity contribution < 1.29 is 4.79 Å². The lowest BCUT2D eigenvalue weighted by molar-refractivity contribution is -0.124. The third-order valence-electron chi connectivity index (χ3n) is 3.45. The molecule has 1 fully saturated rings. The van der Waals surface area contributed by atoms with Gasteiger partial charge in [0.25, 0.3) is 0 Å². The summed E-state index contributed by atoms with van der Waals surface area (Å²) in [6, 6.07) is 0.492. The molecule has 1 saturated carbocycles. The van der Waals surface area contributed by atoms with Crippen LogP contribution in [0.15, 0.2) is 4.34 Å². The van der Waals surface area contributed by atoms with Gasteiger partial charge in [0.1, 0.15) is 5.01 Å². The van der Waals surface area contributed by atoms with E-state index in [1.54, 1.807) is 23.1 Å². The van der Waals surface area contributed by atoms with Gasteiger partial charge in [-0.25, -0.2) is 0 Å². The molecule has 1 unspecified atom stereocenters. The van der Waals surface area contributed by atoms with Gasteiger partial charge in [0.15, 0.2) is 4.34 Å². The molecule has 3 N–H and O–H groups in total. The van der Waals surface area contributed by atoms with Gasteiger partial charge in [0.05, 0.1) is 5.54 Å². The van der Waals surface area contributed by atoms with Crippen LogP contribution in [0.25, 0.3) is 0 Å². The van der Waals surface area contributed by atoms with Crippen molar-refractivity contribution in [2.75, 3.05) is 5.75 Å². The number of thioether (sulfide) groups is 1. The van der Waals surface area contributed by atoms with Crippen LogP contribution in [0, 0.1) is 6.92 Å². The Labute approximate surface area is 128 Å². The molecular formula is C13H22N4OS2. The van der Waals surface area contributed by atoms with E-state index in [4.69, 9.17) is 5.73 Å². The normalized spacial score (nSPS) is 17.9. The molecule has 20 heavy (non-hydrogen) atoms. The molecule has 1 atom stereocenters. The van der Waals surface area contributed by atoms with Gasteiger partial charge in [-0.1, -0.05) is 29.5 Å². The lowest BCUT2D eigenvalue weighted by Gasteiger charge is -2.27. The second-order valence-electron chi connectivity index (χ2n) is 5.51. The van der Waals surface area contributed by atoms with Gasteiger partial charge < -0.3 is 11.1 Å². The van der Waals surface area contributed by atoms with E-state index in [2.05, 4.69) is 15.5 Å². The lowest BCUT2D eigenvalue weighted by Crippen LogP contribution is -2.53. The molecule has 112 valence electrons. The summed E-state index contributed by atoms with van der Waals surface area (Å²) >= 11 is 3.36. The highest BCUT2D eigenvalue weighted by Crippen LogP contribution is 2.26. The monoisotopic (exact) mass is 314 g/mol. The van der Waals surface area contributed by atoms with Gasteiger partial charge >= 0.3 is 0 Å². The molecule has 1 aromatic heterocycles. The van der Waals surface area contributed by atoms with Crippen LogP contribution in [0.4, 0.5) is 0 Å². The highest BCUT2D eigenvalue weighted by atomic mass is 32.2. The van der Waals surface area contributed by atoms with Gasteiger partial charge in [-0.2, -0.15) is 0 Å². The molecule has 7 heteroatoms. The van der Waals surface area contributed by atoms with Crippen molar-refractivity contribution in [3.63, 3.8) is 0 Å². The number of hydrogen-bond acceptors (Lipinski definition) is 6. The van der Waals surface area contributed by atoms with E-state index < -0.39 is 5.54 Å². The number of nitrogens with two attached hydrogens (primary N) is 1. The molecule has 2 rings (SSSR count). The topological polar surface area (TPSA) is 80.9 Å². The Morgan fingerprint density at radius 3 is 2.80 bits per heavy atom. The summed E-state index contributed by atoms with van der Waals surface area (Å²) in [5.74, 6) is 0.768. The van der Waals surface area contributed by atoms with Crippen LogP contribution in [0.2, 0.25) is 0 Å². The first-order chi connectivity index (χ1) is 9.49. The van der Waals surface area contributed by atoms with E-state index >= 15 is 0 Å². The number of carbonyl (C=O) groups is 1. The van der Waals surface area contributed by atoms with Crippen LogP contribution in [-0.2, 0) is 4.79 Å². The van der Waals surface area contributed by atoms with Crippen LogP contribution in [0.5, 0.6) is 0 Å². The SMILES string of the molecule is Cc1nnc(SCCCCC(C)(NC2CC2)C(N)=O)s1. The number of nitrogens with one attached hydrogen (secondary N) is 1. The molecule has 1 aliphatic rings. The number of aromatic nitrogens is 2. The van der Waals surface area contributed by atoms with Gasteiger partial charge in [-0.3, -0.25) is 4.79 Å². The maximum Gasteiger partial charge on any atom is 0.237 e. The smallest absolute Gasteiger partial charge is 0.237 e. The Balaban J connectivity index is 1.66. The lowest BCUT2D eigenvalue weighted by atomic mass is 9.94. The molecule has 1 amide bonds. The molecule has 1 heterocycles. The Hall–Kier alpha value is -0.660. The number of primary amides is 1. The van der Waals surface area contributed by atoms with Crippen molar-refractivity contribution >= 4 is 29.0 Å². The molecule has 0 spiro atoms. The number of unbranched alkanes of at least 4 members (excludes halogenated alkanes) is 1. The number of rotatable bonds is 9. The fraction of sp³-hybridized carbons (Fsp3) is 0.769. The first-order valence-corrected chi connectivity index (χ1v) is 8.80. The fourth-order valence-corrected chi connectivity index (χ4v) is 3.91. The predicted octanol–water partition coefficient (Wildman–Crippen LogP) is 2.10. The number of hydrogen-bond donors (Lipinski definition) is 2. The Morgan fingerprint density at radius 1 is 1.50 bits per heavy atom. The average molecular weight is 314 g/mol. The van der Waals surface area contributed by atoms with Gasteiger partial charge in [-0.05, 0) is 39.5 Å². The van der Waals surface area contributed by atoms with Crippen molar-refractivity contribution in [1.29, 1.82) is 0 Å². The predicted molar refractivity (Wildman–Crippen MR) is 83.0 cm³/mol. The highest BCUT2D eigenvalue weighted by molar-refractivity contribution is 8.01. The molecule has 0 aliphatic heterocycles. The van der Waals surface area contributed by atoms with Crippen LogP contribution in [0.3, 0.4) is 0 Å². The minimum absolute atomic E-state index is 0.239. The van der Waals surface area contributed by atoms with Crippen LogP contribution in [0.1, 0.15) is 44.0 Å². The third-order valence-corrected chi connectivity index (χ3v) is 5.51. The van der Waals surface area contributed by atoms with E-state index in [-0.39, 0.29) is 5.91 Å². The second-order valence-corrected chi connectivity index (χ2v) is 8.03. The molecule has 0 saturated heterocycles. The van der Waals surface area contributed by atoms with Crippen molar-refractivity contribution in [3.8, 4) is 0 Å². The minimum atomic E-state index is -0.550. The molecular weight excluding hydrogens is 292 g/mol. The third kappa shape index (κ3) is 4.71. The zero-order chi connectivity index (χ0) is 14.6. The highest BCUT2D eigenvalue weighted by Gasteiger charge is 2.36. The molecule has 5 nitrogen and oxygen atoms in total. The second kappa shape index (κ2) is 6.87. The van der Waals surface area contributed by atoms with E-state index in [0.717, 1.165) is 47.2 Å². The van der Waals surface area contributed by atoms with Gasteiger partial charge in [-0.15, -0.1) is 10.2 Å². The quantitative estimate of drug-likeness (QED) is 0.539. The summed E-state index contributed by atoms with van der Waals surface area (Å²) in [5, 5.41) is 12.5. The van der Waals surface area contributed by atoms with Crippen LogP contribution < -0.4 is 11.1 Å². The van der Waals surface area contributed by atoms with E-state index in [1.807, 2.05) is 13.8 Å². The maximum atomic E-state index is 11.6. The number of amides is 1. The van der Waals surface area contributed by atoms with Crippen molar-refractivity contribution in [1.82, 2.24) is 15.5 Å². The summed E-state index contributed by atoms with van der Waals surface area (Å²) in [7, 11) is 0. The fourth-order valence-electron chi connectivity index (χ4n) is 2.02. The Bertz CT molecular complexity index is 461. The van der Waals surface area contributed by atoms with E-state index in [0.29, 0.717) is 6.04 Å². The average Bonchev–Trinajstić information content (AvgIpc) is 3.09. The molecule has 0 radical (unpaired) electrons. The summed E-state index contributed by atoms with van der Waals surface area (Å²) in [4.78, 5) is 11.6. The first kappa shape index (κ1) is 15.7. The molecule has 1 aromatic rings. The Morgan fingerprint density at radius 2 is 2.25 bits per heavy atom.